The molecule has 4 aromatic rings. The highest BCUT2D eigenvalue weighted by molar-refractivity contribution is 8.00. The average Bonchev–Trinajstić information content (AvgIpc) is 3.31. The van der Waals surface area contributed by atoms with Gasteiger partial charge in [0.25, 0.3) is 0 Å². The van der Waals surface area contributed by atoms with Gasteiger partial charge in [0.05, 0.1) is 18.3 Å². The highest BCUT2D eigenvalue weighted by Gasteiger charge is 2.11. The Labute approximate surface area is 157 Å². The van der Waals surface area contributed by atoms with E-state index in [9.17, 15) is 0 Å². The molecule has 3 aromatic heterocycles. The molecule has 0 unspecified atom stereocenters. The van der Waals surface area contributed by atoms with E-state index in [-0.39, 0.29) is 0 Å². The number of rotatable bonds is 6. The molecule has 0 saturated heterocycles. The van der Waals surface area contributed by atoms with Crippen LogP contribution in [0.25, 0.3) is 10.9 Å². The van der Waals surface area contributed by atoms with Gasteiger partial charge in [0.15, 0.2) is 4.34 Å². The molecule has 25 heavy (non-hydrogen) atoms. The molecule has 0 fully saturated rings. The number of nitrogens with zero attached hydrogens (tertiary/aromatic N) is 3. The van der Waals surface area contributed by atoms with Gasteiger partial charge < -0.3 is 9.73 Å². The third kappa shape index (κ3) is 3.78. The molecule has 0 radical (unpaired) electrons. The molecular weight excluding hydrogens is 376 g/mol. The van der Waals surface area contributed by atoms with E-state index in [0.717, 1.165) is 36.7 Å². The second-order valence-electron chi connectivity index (χ2n) is 5.20. The third-order valence-electron chi connectivity index (χ3n) is 3.56. The van der Waals surface area contributed by atoms with Crippen LogP contribution >= 0.6 is 34.7 Å². The fraction of sp³-hybridized carbons (Fsp3) is 0.118. The third-order valence-corrected chi connectivity index (χ3v) is 5.96. The number of fused-ring (bicyclic) bond motifs is 1. The molecule has 1 aromatic carbocycles. The van der Waals surface area contributed by atoms with Crippen molar-refractivity contribution in [1.82, 2.24) is 15.2 Å². The molecule has 0 saturated carbocycles. The Kier molecular flexibility index (Phi) is 4.87. The molecule has 4 rings (SSSR count). The van der Waals surface area contributed by atoms with Crippen LogP contribution in [-0.2, 0) is 12.3 Å². The van der Waals surface area contributed by atoms with Crippen LogP contribution in [0.3, 0.4) is 0 Å². The fourth-order valence-electron chi connectivity index (χ4n) is 2.37. The number of benzene rings is 1. The standard InChI is InChI=1S/C17H13ClN4OS2/c18-14-6-5-11-3-1-7-19-15(11)13(14)10-24-17-22-21-16(25-17)20-9-12-4-2-8-23-12/h1-8H,9-10H2,(H,20,21). The molecular formula is C17H13ClN4OS2. The lowest BCUT2D eigenvalue weighted by atomic mass is 10.1. The summed E-state index contributed by atoms with van der Waals surface area (Å²) in [6.07, 6.45) is 3.44. The maximum absolute atomic E-state index is 6.37. The van der Waals surface area contributed by atoms with Gasteiger partial charge in [-0.25, -0.2) is 0 Å². The Morgan fingerprint density at radius 3 is 3.00 bits per heavy atom. The summed E-state index contributed by atoms with van der Waals surface area (Å²) in [5, 5.41) is 14.2. The maximum atomic E-state index is 6.37. The van der Waals surface area contributed by atoms with Crippen LogP contribution in [0, 0.1) is 0 Å². The topological polar surface area (TPSA) is 63.8 Å². The fourth-order valence-corrected chi connectivity index (χ4v) is 4.45. The van der Waals surface area contributed by atoms with Gasteiger partial charge in [-0.3, -0.25) is 4.98 Å². The minimum absolute atomic E-state index is 0.589. The summed E-state index contributed by atoms with van der Waals surface area (Å²) in [5.41, 5.74) is 1.95. The zero-order chi connectivity index (χ0) is 17.1. The number of furan rings is 1. The minimum Gasteiger partial charge on any atom is -0.467 e. The smallest absolute Gasteiger partial charge is 0.206 e. The van der Waals surface area contributed by atoms with Crippen molar-refractivity contribution in [1.29, 1.82) is 0 Å². The van der Waals surface area contributed by atoms with Crippen molar-refractivity contribution in [2.24, 2.45) is 0 Å². The molecule has 1 N–H and O–H groups in total. The van der Waals surface area contributed by atoms with Crippen LogP contribution in [0.4, 0.5) is 5.13 Å². The van der Waals surface area contributed by atoms with Crippen molar-refractivity contribution in [3.8, 4) is 0 Å². The predicted molar refractivity (Wildman–Crippen MR) is 102 cm³/mol. The number of hydrogen-bond acceptors (Lipinski definition) is 7. The van der Waals surface area contributed by atoms with Crippen molar-refractivity contribution in [3.05, 3.63) is 65.2 Å². The zero-order valence-corrected chi connectivity index (χ0v) is 15.4. The van der Waals surface area contributed by atoms with Gasteiger partial charge in [-0.05, 0) is 24.3 Å². The predicted octanol–water partition coefficient (Wildman–Crippen LogP) is 5.24. The van der Waals surface area contributed by atoms with Gasteiger partial charge in [0, 0.05) is 27.9 Å². The molecule has 5 nitrogen and oxygen atoms in total. The van der Waals surface area contributed by atoms with Crippen LogP contribution in [0.2, 0.25) is 5.02 Å². The van der Waals surface area contributed by atoms with E-state index < -0.39 is 0 Å². The Hall–Kier alpha value is -2.09. The molecule has 0 amide bonds. The SMILES string of the molecule is Clc1ccc2cccnc2c1CSc1nnc(NCc2ccco2)s1. The highest BCUT2D eigenvalue weighted by atomic mass is 35.5. The van der Waals surface area contributed by atoms with E-state index in [4.69, 9.17) is 16.0 Å². The van der Waals surface area contributed by atoms with E-state index in [1.54, 1.807) is 24.2 Å². The quantitative estimate of drug-likeness (QED) is 0.456. The van der Waals surface area contributed by atoms with Gasteiger partial charge in [0.1, 0.15) is 5.76 Å². The van der Waals surface area contributed by atoms with E-state index in [1.807, 2.05) is 36.4 Å². The molecule has 0 spiro atoms. The minimum atomic E-state index is 0.589. The number of anilines is 1. The Morgan fingerprint density at radius 2 is 2.12 bits per heavy atom. The summed E-state index contributed by atoms with van der Waals surface area (Å²) in [4.78, 5) is 4.46. The number of pyridine rings is 1. The molecule has 0 aliphatic heterocycles. The molecule has 126 valence electrons. The lowest BCUT2D eigenvalue weighted by Crippen LogP contribution is -1.96. The van der Waals surface area contributed by atoms with Crippen LogP contribution in [0.5, 0.6) is 0 Å². The molecule has 3 heterocycles. The van der Waals surface area contributed by atoms with Crippen molar-refractivity contribution in [3.63, 3.8) is 0 Å². The van der Waals surface area contributed by atoms with Crippen LogP contribution < -0.4 is 5.32 Å². The first kappa shape index (κ1) is 16.4. The zero-order valence-electron chi connectivity index (χ0n) is 13.0. The van der Waals surface area contributed by atoms with Gasteiger partial charge in [-0.15, -0.1) is 10.2 Å². The van der Waals surface area contributed by atoms with Crippen LogP contribution in [0.15, 0.2) is 57.6 Å². The largest absolute Gasteiger partial charge is 0.467 e. The molecule has 8 heteroatoms. The second kappa shape index (κ2) is 7.43. The van der Waals surface area contributed by atoms with Gasteiger partial charge in [-0.2, -0.15) is 0 Å². The molecule has 0 aliphatic rings. The first-order chi connectivity index (χ1) is 12.3. The molecule has 0 atom stereocenters. The summed E-state index contributed by atoms with van der Waals surface area (Å²) < 4.78 is 6.17. The van der Waals surface area contributed by atoms with Crippen molar-refractivity contribution in [2.75, 3.05) is 5.32 Å². The lowest BCUT2D eigenvalue weighted by molar-refractivity contribution is 0.518. The number of nitrogens with one attached hydrogen (secondary N) is 1. The van der Waals surface area contributed by atoms with Gasteiger partial charge in [-0.1, -0.05) is 46.8 Å². The summed E-state index contributed by atoms with van der Waals surface area (Å²) >= 11 is 9.49. The summed E-state index contributed by atoms with van der Waals surface area (Å²) in [6, 6.07) is 11.6. The first-order valence-corrected chi connectivity index (χ1v) is 9.72. The Bertz CT molecular complexity index is 987. The summed E-state index contributed by atoms with van der Waals surface area (Å²) in [7, 11) is 0. The molecule has 0 aliphatic carbocycles. The summed E-state index contributed by atoms with van der Waals surface area (Å²) in [6.45, 7) is 0.589. The Morgan fingerprint density at radius 1 is 1.16 bits per heavy atom. The van der Waals surface area contributed by atoms with Crippen molar-refractivity contribution >= 4 is 50.7 Å². The van der Waals surface area contributed by atoms with Gasteiger partial charge >= 0.3 is 0 Å². The van der Waals surface area contributed by atoms with E-state index >= 15 is 0 Å². The first-order valence-electron chi connectivity index (χ1n) is 7.54. The molecule has 0 bridgehead atoms. The van der Waals surface area contributed by atoms with Crippen molar-refractivity contribution in [2.45, 2.75) is 16.6 Å². The highest BCUT2D eigenvalue weighted by Crippen LogP contribution is 2.33. The number of halogens is 1. The average molecular weight is 389 g/mol. The maximum Gasteiger partial charge on any atom is 0.206 e. The number of thioether (sulfide) groups is 1. The van der Waals surface area contributed by atoms with Gasteiger partial charge in [0.2, 0.25) is 5.13 Å². The van der Waals surface area contributed by atoms with Crippen LogP contribution in [0.1, 0.15) is 11.3 Å². The van der Waals surface area contributed by atoms with Crippen molar-refractivity contribution < 1.29 is 4.42 Å². The number of aromatic nitrogens is 3. The Balaban J connectivity index is 1.44. The van der Waals surface area contributed by atoms with E-state index in [2.05, 4.69) is 20.5 Å². The number of hydrogen-bond donors (Lipinski definition) is 1. The lowest BCUT2D eigenvalue weighted by Gasteiger charge is -2.06. The summed E-state index contributed by atoms with van der Waals surface area (Å²) in [5.74, 6) is 1.55. The van der Waals surface area contributed by atoms with Crippen LogP contribution in [-0.4, -0.2) is 15.2 Å². The van der Waals surface area contributed by atoms with E-state index in [1.165, 1.54) is 11.3 Å². The monoisotopic (exact) mass is 388 g/mol. The van der Waals surface area contributed by atoms with E-state index in [0.29, 0.717) is 12.3 Å². The normalized spacial score (nSPS) is 11.1. The second-order valence-corrected chi connectivity index (χ2v) is 7.80.